The second kappa shape index (κ2) is 7.55. The van der Waals surface area contributed by atoms with Gasteiger partial charge < -0.3 is 0 Å². The Hall–Kier alpha value is -2.09. The Bertz CT molecular complexity index is 1170. The molecule has 0 spiro atoms. The molecule has 4 aromatic rings. The van der Waals surface area contributed by atoms with E-state index in [-0.39, 0.29) is 6.04 Å². The molecule has 0 saturated carbocycles. The van der Waals surface area contributed by atoms with Gasteiger partial charge in [0.05, 0.1) is 0 Å². The molecule has 0 bridgehead atoms. The molecule has 4 aromatic carbocycles. The zero-order valence-electron chi connectivity index (χ0n) is 17.3. The fraction of sp³-hybridized carbons (Fsp3) is 0.200. The summed E-state index contributed by atoms with van der Waals surface area (Å²) in [6.45, 7) is 4.06. The van der Waals surface area contributed by atoms with Crippen molar-refractivity contribution in [3.63, 3.8) is 0 Å². The maximum atomic E-state index is 6.63. The van der Waals surface area contributed by atoms with E-state index in [2.05, 4.69) is 114 Å². The summed E-state index contributed by atoms with van der Waals surface area (Å²) in [4.78, 5) is 0. The molecule has 3 nitrogen and oxygen atoms in total. The number of fused-ring (bicyclic) bond motifs is 7. The molecule has 0 radical (unpaired) electrons. The van der Waals surface area contributed by atoms with Gasteiger partial charge in [-0.1, -0.05) is 0 Å². The first kappa shape index (κ1) is 19.8. The van der Waals surface area contributed by atoms with Gasteiger partial charge in [0.2, 0.25) is 0 Å². The predicted octanol–water partition coefficient (Wildman–Crippen LogP) is 6.91. The zero-order valence-corrected chi connectivity index (χ0v) is 19.9. The van der Waals surface area contributed by atoms with Crippen LogP contribution in [0.5, 0.6) is 11.5 Å². The van der Waals surface area contributed by atoms with Crippen LogP contribution in [0.1, 0.15) is 20.8 Å². The number of benzene rings is 4. The van der Waals surface area contributed by atoms with Gasteiger partial charge in [0, 0.05) is 0 Å². The number of hydrogen-bond acceptors (Lipinski definition) is 3. The third-order valence-electron chi connectivity index (χ3n) is 5.83. The van der Waals surface area contributed by atoms with Crippen molar-refractivity contribution in [1.29, 1.82) is 0 Å². The quantitative estimate of drug-likeness (QED) is 0.255. The summed E-state index contributed by atoms with van der Waals surface area (Å²) in [5, 5.41) is 8.34. The van der Waals surface area contributed by atoms with Crippen molar-refractivity contribution in [2.75, 3.05) is 0 Å². The summed E-state index contributed by atoms with van der Waals surface area (Å²) < 4.78 is 13.3. The second-order valence-corrected chi connectivity index (χ2v) is 12.8. The van der Waals surface area contributed by atoms with Crippen LogP contribution in [-0.4, -0.2) is 21.6 Å². The monoisotopic (exact) mass is 481 g/mol. The average Bonchev–Trinajstić information content (AvgIpc) is 2.86. The van der Waals surface area contributed by atoms with Crippen molar-refractivity contribution in [1.82, 2.24) is 5.09 Å². The van der Waals surface area contributed by atoms with E-state index in [4.69, 9.17) is 9.05 Å². The fourth-order valence-electron chi connectivity index (χ4n) is 3.90. The first-order valence-corrected chi connectivity index (χ1v) is 14.1. The Morgan fingerprint density at radius 1 is 0.700 bits per heavy atom. The Morgan fingerprint density at radius 2 is 1.17 bits per heavy atom. The van der Waals surface area contributed by atoms with Crippen LogP contribution in [-0.2, 0) is 0 Å². The molecular weight excluding hydrogens is 456 g/mol. The molecule has 0 aromatic heterocycles. The minimum atomic E-state index is -2.51. The molecule has 0 amide bonds. The van der Waals surface area contributed by atoms with Crippen molar-refractivity contribution in [3.05, 3.63) is 72.8 Å². The number of rotatable bonds is 3. The van der Waals surface area contributed by atoms with E-state index >= 15 is 0 Å². The normalized spacial score (nSPS) is 15.8. The van der Waals surface area contributed by atoms with Gasteiger partial charge in [-0.3, -0.25) is 0 Å². The Morgan fingerprint density at radius 3 is 1.63 bits per heavy atom. The summed E-state index contributed by atoms with van der Waals surface area (Å²) in [6, 6.07) is 25.6. The SMILES string of the molecule is CC(C)C(C)N[P+]1([Se-])Oc2ccc3ccccc3c2-c2c(ccc3ccccc23)O1. The molecule has 1 aliphatic heterocycles. The molecule has 1 heterocycles. The topological polar surface area (TPSA) is 30.5 Å². The first-order chi connectivity index (χ1) is 14.5. The first-order valence-electron chi connectivity index (χ1n) is 10.3. The fourth-order valence-corrected chi connectivity index (χ4v) is 7.72. The number of nitrogens with one attached hydrogen (secondary N) is 1. The van der Waals surface area contributed by atoms with Crippen LogP contribution in [0.3, 0.4) is 0 Å². The Balaban J connectivity index is 1.82. The van der Waals surface area contributed by atoms with Crippen molar-refractivity contribution in [3.8, 4) is 22.6 Å². The van der Waals surface area contributed by atoms with E-state index in [0.717, 1.165) is 22.6 Å². The van der Waals surface area contributed by atoms with Gasteiger partial charge in [-0.15, -0.1) is 0 Å². The minimum absolute atomic E-state index is 0.241. The van der Waals surface area contributed by atoms with E-state index in [1.54, 1.807) is 0 Å². The van der Waals surface area contributed by atoms with E-state index in [1.165, 1.54) is 21.5 Å². The molecule has 0 saturated heterocycles. The molecule has 1 atom stereocenters. The van der Waals surface area contributed by atoms with Crippen LogP contribution in [0, 0.1) is 5.92 Å². The van der Waals surface area contributed by atoms with Crippen LogP contribution in [0.2, 0.25) is 0 Å². The van der Waals surface area contributed by atoms with E-state index in [0.29, 0.717) is 5.92 Å². The molecule has 5 rings (SSSR count). The van der Waals surface area contributed by atoms with Crippen LogP contribution >= 0.6 is 6.56 Å². The summed E-state index contributed by atoms with van der Waals surface area (Å²) in [7, 11) is 0. The van der Waals surface area contributed by atoms with Crippen LogP contribution in [0.25, 0.3) is 32.7 Å². The van der Waals surface area contributed by atoms with Gasteiger partial charge in [-0.25, -0.2) is 0 Å². The van der Waals surface area contributed by atoms with Gasteiger partial charge in [-0.2, -0.15) is 0 Å². The third-order valence-corrected chi connectivity index (χ3v) is 9.03. The summed E-state index contributed by atoms with van der Waals surface area (Å²) in [5.74, 6) is 2.15. The van der Waals surface area contributed by atoms with Gasteiger partial charge in [0.25, 0.3) is 0 Å². The molecule has 0 aliphatic carbocycles. The maximum absolute atomic E-state index is 6.63. The van der Waals surface area contributed by atoms with Crippen molar-refractivity contribution in [2.24, 2.45) is 5.92 Å². The average molecular weight is 480 g/mol. The summed E-state index contributed by atoms with van der Waals surface area (Å²) >= 11 is 3.25. The zero-order chi connectivity index (χ0) is 20.9. The molecular formula is C25H24NO2PSe. The summed E-state index contributed by atoms with van der Waals surface area (Å²) in [6.07, 6.45) is 0. The van der Waals surface area contributed by atoms with Crippen LogP contribution in [0.4, 0.5) is 0 Å². The number of hydrogen-bond donors (Lipinski definition) is 1. The van der Waals surface area contributed by atoms with Gasteiger partial charge in [-0.05, 0) is 0 Å². The molecule has 1 unspecified atom stereocenters. The third kappa shape index (κ3) is 3.39. The predicted molar refractivity (Wildman–Crippen MR) is 128 cm³/mol. The van der Waals surface area contributed by atoms with Crippen LogP contribution < -0.4 is 14.1 Å². The molecule has 30 heavy (non-hydrogen) atoms. The Kier molecular flexibility index (Phi) is 5.00. The molecule has 1 N–H and O–H groups in total. The van der Waals surface area contributed by atoms with Gasteiger partial charge in [0.1, 0.15) is 0 Å². The molecule has 5 heteroatoms. The van der Waals surface area contributed by atoms with Crippen molar-refractivity contribution < 1.29 is 9.05 Å². The second-order valence-electron chi connectivity index (χ2n) is 8.16. The summed E-state index contributed by atoms with van der Waals surface area (Å²) in [5.41, 5.74) is 2.19. The van der Waals surface area contributed by atoms with E-state index in [9.17, 15) is 0 Å². The van der Waals surface area contributed by atoms with Crippen LogP contribution in [0.15, 0.2) is 72.8 Å². The Labute approximate surface area is 185 Å². The van der Waals surface area contributed by atoms with Crippen molar-refractivity contribution in [2.45, 2.75) is 26.8 Å². The van der Waals surface area contributed by atoms with Crippen molar-refractivity contribution >= 4 is 43.7 Å². The van der Waals surface area contributed by atoms with Gasteiger partial charge in [0.15, 0.2) is 0 Å². The molecule has 1 aliphatic rings. The molecule has 0 fully saturated rings. The van der Waals surface area contributed by atoms with E-state index < -0.39 is 6.56 Å². The van der Waals surface area contributed by atoms with E-state index in [1.807, 2.05) is 0 Å². The standard InChI is InChI=1S/C25H24NO2PSe/c1-16(2)17(3)26-29(30)27-22-14-12-18-8-4-6-10-20(18)24(22)25-21-11-7-5-9-19(21)13-15-23(25)28-29/h4-17H,1-3H3,(H,26,30). The van der Waals surface area contributed by atoms with Gasteiger partial charge >= 0.3 is 186 Å². The molecule has 152 valence electrons.